The second-order valence-corrected chi connectivity index (χ2v) is 5.54. The maximum Gasteiger partial charge on any atom is 0.335 e. The van der Waals surface area contributed by atoms with E-state index in [0.29, 0.717) is 13.2 Å². The fraction of sp³-hybridized carbons (Fsp3) is 0.0952. The third kappa shape index (κ3) is 4.85. The highest BCUT2D eigenvalue weighted by atomic mass is 16.5. The molecule has 0 atom stereocenters. The van der Waals surface area contributed by atoms with Gasteiger partial charge in [0.05, 0.1) is 5.56 Å². The number of rotatable bonds is 7. The Bertz CT molecular complexity index is 809. The second-order valence-electron chi connectivity index (χ2n) is 5.54. The molecule has 3 aromatic rings. The van der Waals surface area contributed by atoms with E-state index in [9.17, 15) is 4.79 Å². The van der Waals surface area contributed by atoms with Gasteiger partial charge in [0.2, 0.25) is 0 Å². The molecule has 126 valence electrons. The minimum Gasteiger partial charge on any atom is -0.489 e. The molecule has 4 nitrogen and oxygen atoms in total. The van der Waals surface area contributed by atoms with Gasteiger partial charge >= 0.3 is 5.97 Å². The fourth-order valence-corrected chi connectivity index (χ4v) is 2.28. The lowest BCUT2D eigenvalue weighted by Crippen LogP contribution is -1.99. The minimum atomic E-state index is -0.932. The fourth-order valence-electron chi connectivity index (χ4n) is 2.28. The average Bonchev–Trinajstić information content (AvgIpc) is 2.67. The summed E-state index contributed by atoms with van der Waals surface area (Å²) in [6.45, 7) is 0.904. The van der Waals surface area contributed by atoms with Crippen molar-refractivity contribution in [3.63, 3.8) is 0 Å². The molecule has 0 aromatic heterocycles. The summed E-state index contributed by atoms with van der Waals surface area (Å²) in [4.78, 5) is 10.8. The molecule has 25 heavy (non-hydrogen) atoms. The van der Waals surface area contributed by atoms with Gasteiger partial charge in [0.25, 0.3) is 0 Å². The summed E-state index contributed by atoms with van der Waals surface area (Å²) in [7, 11) is 0. The van der Waals surface area contributed by atoms with Crippen molar-refractivity contribution in [1.82, 2.24) is 0 Å². The third-order valence-electron chi connectivity index (χ3n) is 3.68. The van der Waals surface area contributed by atoms with Crippen LogP contribution < -0.4 is 9.47 Å². The zero-order valence-corrected chi connectivity index (χ0v) is 13.6. The SMILES string of the molecule is O=C(O)c1ccc(COc2ccc(OCc3ccccc3)cc2)cc1. The molecule has 0 aliphatic rings. The first-order chi connectivity index (χ1) is 12.2. The summed E-state index contributed by atoms with van der Waals surface area (Å²) in [5.41, 5.74) is 2.30. The van der Waals surface area contributed by atoms with E-state index in [1.807, 2.05) is 54.6 Å². The van der Waals surface area contributed by atoms with E-state index in [1.54, 1.807) is 24.3 Å². The first-order valence-electron chi connectivity index (χ1n) is 7.92. The lowest BCUT2D eigenvalue weighted by Gasteiger charge is -2.09. The summed E-state index contributed by atoms with van der Waals surface area (Å²) in [5.74, 6) is 0.579. The summed E-state index contributed by atoms with van der Waals surface area (Å²) < 4.78 is 11.4. The Morgan fingerprint density at radius 3 is 1.64 bits per heavy atom. The summed E-state index contributed by atoms with van der Waals surface area (Å²) >= 11 is 0. The van der Waals surface area contributed by atoms with E-state index in [1.165, 1.54) is 0 Å². The first kappa shape index (κ1) is 16.6. The molecule has 0 fully saturated rings. The van der Waals surface area contributed by atoms with Crippen molar-refractivity contribution in [2.45, 2.75) is 13.2 Å². The van der Waals surface area contributed by atoms with Crippen LogP contribution in [0.4, 0.5) is 0 Å². The lowest BCUT2D eigenvalue weighted by atomic mass is 10.1. The van der Waals surface area contributed by atoms with Crippen molar-refractivity contribution in [3.05, 3.63) is 95.6 Å². The van der Waals surface area contributed by atoms with Gasteiger partial charge in [-0.25, -0.2) is 4.79 Å². The molecule has 0 spiro atoms. The molecule has 0 radical (unpaired) electrons. The van der Waals surface area contributed by atoms with Crippen molar-refractivity contribution in [2.75, 3.05) is 0 Å². The Morgan fingerprint density at radius 2 is 1.16 bits per heavy atom. The van der Waals surface area contributed by atoms with Gasteiger partial charge < -0.3 is 14.6 Å². The maximum atomic E-state index is 10.8. The van der Waals surface area contributed by atoms with E-state index in [2.05, 4.69) is 0 Å². The normalized spacial score (nSPS) is 10.2. The van der Waals surface area contributed by atoms with E-state index >= 15 is 0 Å². The Balaban J connectivity index is 1.51. The Kier molecular flexibility index (Phi) is 5.32. The van der Waals surface area contributed by atoms with Crippen LogP contribution in [0.1, 0.15) is 21.5 Å². The second kappa shape index (κ2) is 8.02. The van der Waals surface area contributed by atoms with Gasteiger partial charge in [0.15, 0.2) is 0 Å². The molecule has 0 aliphatic carbocycles. The van der Waals surface area contributed by atoms with Crippen LogP contribution >= 0.6 is 0 Å². The summed E-state index contributed by atoms with van der Waals surface area (Å²) in [6, 6.07) is 24.1. The monoisotopic (exact) mass is 334 g/mol. The van der Waals surface area contributed by atoms with Crippen molar-refractivity contribution >= 4 is 5.97 Å². The number of ether oxygens (including phenoxy) is 2. The van der Waals surface area contributed by atoms with Crippen molar-refractivity contribution in [3.8, 4) is 11.5 Å². The Hall–Kier alpha value is -3.27. The smallest absolute Gasteiger partial charge is 0.335 e. The molecule has 0 saturated heterocycles. The van der Waals surface area contributed by atoms with E-state index in [0.717, 1.165) is 22.6 Å². The number of hydrogen-bond acceptors (Lipinski definition) is 3. The van der Waals surface area contributed by atoms with Crippen LogP contribution in [0.3, 0.4) is 0 Å². The van der Waals surface area contributed by atoms with Crippen molar-refractivity contribution < 1.29 is 19.4 Å². The van der Waals surface area contributed by atoms with Crippen LogP contribution in [0.25, 0.3) is 0 Å². The molecule has 0 heterocycles. The molecule has 3 aromatic carbocycles. The van der Waals surface area contributed by atoms with Crippen LogP contribution in [-0.4, -0.2) is 11.1 Å². The van der Waals surface area contributed by atoms with E-state index in [4.69, 9.17) is 14.6 Å². The Morgan fingerprint density at radius 1 is 0.680 bits per heavy atom. The minimum absolute atomic E-state index is 0.267. The summed E-state index contributed by atoms with van der Waals surface area (Å²) in [6.07, 6.45) is 0. The molecular formula is C21H18O4. The largest absolute Gasteiger partial charge is 0.489 e. The van der Waals surface area contributed by atoms with Crippen LogP contribution in [-0.2, 0) is 13.2 Å². The van der Waals surface area contributed by atoms with Gasteiger partial charge in [-0.15, -0.1) is 0 Å². The lowest BCUT2D eigenvalue weighted by molar-refractivity contribution is 0.0697. The van der Waals surface area contributed by atoms with Crippen LogP contribution in [0, 0.1) is 0 Å². The van der Waals surface area contributed by atoms with Crippen LogP contribution in [0.15, 0.2) is 78.9 Å². The molecular weight excluding hydrogens is 316 g/mol. The predicted octanol–water partition coefficient (Wildman–Crippen LogP) is 4.54. The molecule has 4 heteroatoms. The van der Waals surface area contributed by atoms with Crippen molar-refractivity contribution in [2.24, 2.45) is 0 Å². The van der Waals surface area contributed by atoms with E-state index < -0.39 is 5.97 Å². The van der Waals surface area contributed by atoms with E-state index in [-0.39, 0.29) is 5.56 Å². The number of hydrogen-bond donors (Lipinski definition) is 1. The average molecular weight is 334 g/mol. The quantitative estimate of drug-likeness (QED) is 0.689. The molecule has 0 unspecified atom stereocenters. The van der Waals surface area contributed by atoms with Crippen LogP contribution in [0.5, 0.6) is 11.5 Å². The first-order valence-corrected chi connectivity index (χ1v) is 7.92. The van der Waals surface area contributed by atoms with Gasteiger partial charge in [-0.2, -0.15) is 0 Å². The molecule has 0 aliphatic heterocycles. The van der Waals surface area contributed by atoms with Crippen LogP contribution in [0.2, 0.25) is 0 Å². The van der Waals surface area contributed by atoms with Gasteiger partial charge in [0.1, 0.15) is 24.7 Å². The highest BCUT2D eigenvalue weighted by molar-refractivity contribution is 5.87. The molecule has 1 N–H and O–H groups in total. The number of aromatic carboxylic acids is 1. The van der Waals surface area contributed by atoms with Crippen molar-refractivity contribution in [1.29, 1.82) is 0 Å². The third-order valence-corrected chi connectivity index (χ3v) is 3.68. The predicted molar refractivity (Wildman–Crippen MR) is 94.9 cm³/mol. The zero-order valence-electron chi connectivity index (χ0n) is 13.6. The standard InChI is InChI=1S/C21H18O4/c22-21(23)18-8-6-17(7-9-18)15-25-20-12-10-19(11-13-20)24-14-16-4-2-1-3-5-16/h1-13H,14-15H2,(H,22,23). The molecule has 0 amide bonds. The Labute approximate surface area is 146 Å². The van der Waals surface area contributed by atoms with Gasteiger partial charge in [-0.05, 0) is 47.5 Å². The molecule has 0 saturated carbocycles. The molecule has 3 rings (SSSR count). The number of carboxylic acid groups (broad SMARTS) is 1. The topological polar surface area (TPSA) is 55.8 Å². The maximum absolute atomic E-state index is 10.8. The highest BCUT2D eigenvalue weighted by Gasteiger charge is 2.03. The number of carbonyl (C=O) groups is 1. The molecule has 0 bridgehead atoms. The van der Waals surface area contributed by atoms with Gasteiger partial charge in [-0.1, -0.05) is 42.5 Å². The zero-order chi connectivity index (χ0) is 17.5. The number of carboxylic acids is 1. The van der Waals surface area contributed by atoms with Gasteiger partial charge in [-0.3, -0.25) is 0 Å². The van der Waals surface area contributed by atoms with Gasteiger partial charge in [0, 0.05) is 0 Å². The summed E-state index contributed by atoms with van der Waals surface area (Å²) in [5, 5.41) is 8.88. The highest BCUT2D eigenvalue weighted by Crippen LogP contribution is 2.20. The number of benzene rings is 3.